The van der Waals surface area contributed by atoms with Crippen LogP contribution in [0.4, 0.5) is 0 Å². The molecule has 0 N–H and O–H groups in total. The Labute approximate surface area is 73.2 Å². The molecule has 0 aliphatic rings. The highest BCUT2D eigenvalue weighted by Gasteiger charge is 2.17. The van der Waals surface area contributed by atoms with Crippen LogP contribution in [0.5, 0.6) is 0 Å². The van der Waals surface area contributed by atoms with Crippen LogP contribution in [0.15, 0.2) is 21.3 Å². The third kappa shape index (κ3) is 2.07. The van der Waals surface area contributed by atoms with Gasteiger partial charge in [0.1, 0.15) is 5.76 Å². The Morgan fingerprint density at radius 1 is 1.25 bits per heavy atom. The molecule has 0 radical (unpaired) electrons. The van der Waals surface area contributed by atoms with Gasteiger partial charge >= 0.3 is 5.63 Å². The van der Waals surface area contributed by atoms with E-state index in [1.165, 1.54) is 0 Å². The third-order valence-electron chi connectivity index (χ3n) is 1.76. The Morgan fingerprint density at radius 3 is 2.25 bits per heavy atom. The van der Waals surface area contributed by atoms with Crippen molar-refractivity contribution in [2.24, 2.45) is 0 Å². The van der Waals surface area contributed by atoms with E-state index >= 15 is 0 Å². The van der Waals surface area contributed by atoms with Crippen LogP contribution in [0.1, 0.15) is 5.76 Å². The second kappa shape index (κ2) is 2.90. The lowest BCUT2D eigenvalue weighted by molar-refractivity contribution is 0.481. The van der Waals surface area contributed by atoms with Crippen LogP contribution in [-0.2, 0) is 0 Å². The fraction of sp³-hybridized carbons (Fsp3) is 0.444. The molecule has 66 valence electrons. The van der Waals surface area contributed by atoms with E-state index in [1.54, 1.807) is 6.07 Å². The van der Waals surface area contributed by atoms with Gasteiger partial charge in [0.2, 0.25) is 0 Å². The van der Waals surface area contributed by atoms with Gasteiger partial charge < -0.3 is 4.42 Å². The first kappa shape index (κ1) is 9.26. The van der Waals surface area contributed by atoms with Crippen LogP contribution in [0.25, 0.3) is 0 Å². The molecule has 0 aliphatic carbocycles. The van der Waals surface area contributed by atoms with Crippen molar-refractivity contribution < 1.29 is 4.42 Å². The standard InChI is InChI=1S/C9H14O2Si/c1-7-5-8(12(2,3)4)6-9(10)11-7/h5-6H,1-4H3. The zero-order valence-corrected chi connectivity index (χ0v) is 8.97. The van der Waals surface area contributed by atoms with Crippen molar-refractivity contribution in [2.75, 3.05) is 0 Å². The maximum atomic E-state index is 11.0. The van der Waals surface area contributed by atoms with E-state index in [-0.39, 0.29) is 5.63 Å². The molecule has 2 nitrogen and oxygen atoms in total. The Kier molecular flexibility index (Phi) is 2.24. The van der Waals surface area contributed by atoms with Crippen LogP contribution >= 0.6 is 0 Å². The van der Waals surface area contributed by atoms with Crippen molar-refractivity contribution in [3.8, 4) is 0 Å². The van der Waals surface area contributed by atoms with Crippen molar-refractivity contribution in [2.45, 2.75) is 26.6 Å². The fourth-order valence-corrected chi connectivity index (χ4v) is 2.23. The van der Waals surface area contributed by atoms with E-state index in [0.29, 0.717) is 5.76 Å². The summed E-state index contributed by atoms with van der Waals surface area (Å²) >= 11 is 0. The minimum absolute atomic E-state index is 0.229. The molecular weight excluding hydrogens is 168 g/mol. The zero-order valence-electron chi connectivity index (χ0n) is 7.97. The Bertz CT molecular complexity index is 333. The van der Waals surface area contributed by atoms with Crippen LogP contribution in [0.3, 0.4) is 0 Å². The van der Waals surface area contributed by atoms with Crippen LogP contribution in [-0.4, -0.2) is 8.07 Å². The van der Waals surface area contributed by atoms with Crippen LogP contribution in [0.2, 0.25) is 19.6 Å². The SMILES string of the molecule is Cc1cc([Si](C)(C)C)cc(=O)o1. The second-order valence-corrected chi connectivity index (χ2v) is 9.10. The van der Waals surface area contributed by atoms with Crippen molar-refractivity contribution in [3.05, 3.63) is 28.3 Å². The minimum Gasteiger partial charge on any atom is -0.428 e. The quantitative estimate of drug-likeness (QED) is 0.616. The van der Waals surface area contributed by atoms with Crippen molar-refractivity contribution in [1.82, 2.24) is 0 Å². The Hall–Kier alpha value is -0.833. The molecule has 1 aromatic rings. The monoisotopic (exact) mass is 182 g/mol. The number of aryl methyl sites for hydroxylation is 1. The van der Waals surface area contributed by atoms with Gasteiger partial charge in [0.15, 0.2) is 0 Å². The van der Waals surface area contributed by atoms with Gasteiger partial charge in [0.05, 0.1) is 8.07 Å². The molecule has 0 saturated heterocycles. The summed E-state index contributed by atoms with van der Waals surface area (Å²) in [5.41, 5.74) is -0.229. The molecule has 1 rings (SSSR count). The molecular formula is C9H14O2Si. The van der Waals surface area contributed by atoms with E-state index in [4.69, 9.17) is 4.42 Å². The molecule has 0 atom stereocenters. The van der Waals surface area contributed by atoms with Gasteiger partial charge in [-0.25, -0.2) is 4.79 Å². The van der Waals surface area contributed by atoms with E-state index < -0.39 is 8.07 Å². The third-order valence-corrected chi connectivity index (χ3v) is 3.78. The van der Waals surface area contributed by atoms with E-state index in [9.17, 15) is 4.79 Å². The summed E-state index contributed by atoms with van der Waals surface area (Å²) in [5.74, 6) is 0.708. The molecule has 0 aromatic carbocycles. The predicted octanol–water partition coefficient (Wildman–Crippen LogP) is 1.49. The molecule has 0 unspecified atom stereocenters. The van der Waals surface area contributed by atoms with Gasteiger partial charge in [-0.2, -0.15) is 0 Å². The maximum absolute atomic E-state index is 11.0. The van der Waals surface area contributed by atoms with Crippen molar-refractivity contribution in [3.63, 3.8) is 0 Å². The average molecular weight is 182 g/mol. The smallest absolute Gasteiger partial charge is 0.335 e. The average Bonchev–Trinajstić information content (AvgIpc) is 1.82. The summed E-state index contributed by atoms with van der Waals surface area (Å²) in [6.07, 6.45) is 0. The highest BCUT2D eigenvalue weighted by molar-refractivity contribution is 6.88. The summed E-state index contributed by atoms with van der Waals surface area (Å²) in [5, 5.41) is 1.16. The van der Waals surface area contributed by atoms with E-state index in [1.807, 2.05) is 13.0 Å². The molecule has 0 bridgehead atoms. The van der Waals surface area contributed by atoms with Gasteiger partial charge in [0, 0.05) is 6.07 Å². The van der Waals surface area contributed by atoms with Gasteiger partial charge in [-0.15, -0.1) is 0 Å². The lowest BCUT2D eigenvalue weighted by atomic mass is 10.4. The Balaban J connectivity index is 3.27. The molecule has 1 heterocycles. The largest absolute Gasteiger partial charge is 0.428 e. The second-order valence-electron chi connectivity index (χ2n) is 4.03. The first-order chi connectivity index (χ1) is 5.39. The van der Waals surface area contributed by atoms with Gasteiger partial charge in [0.25, 0.3) is 0 Å². The molecule has 0 fully saturated rings. The topological polar surface area (TPSA) is 30.2 Å². The molecule has 1 aromatic heterocycles. The summed E-state index contributed by atoms with van der Waals surface area (Å²) in [6.45, 7) is 8.44. The van der Waals surface area contributed by atoms with Gasteiger partial charge in [-0.3, -0.25) is 0 Å². The minimum atomic E-state index is -1.36. The Morgan fingerprint density at radius 2 is 1.83 bits per heavy atom. The number of hydrogen-bond acceptors (Lipinski definition) is 2. The molecule has 3 heteroatoms. The van der Waals surface area contributed by atoms with Gasteiger partial charge in [-0.05, 0) is 18.2 Å². The van der Waals surface area contributed by atoms with Crippen molar-refractivity contribution >= 4 is 13.3 Å². The maximum Gasteiger partial charge on any atom is 0.335 e. The molecule has 0 amide bonds. The lowest BCUT2D eigenvalue weighted by Crippen LogP contribution is -2.39. The molecule has 0 saturated carbocycles. The summed E-state index contributed by atoms with van der Waals surface area (Å²) < 4.78 is 4.88. The zero-order chi connectivity index (χ0) is 9.35. The highest BCUT2D eigenvalue weighted by atomic mass is 28.3. The summed E-state index contributed by atoms with van der Waals surface area (Å²) in [4.78, 5) is 11.0. The fourth-order valence-electron chi connectivity index (χ4n) is 1.04. The van der Waals surface area contributed by atoms with Crippen molar-refractivity contribution in [1.29, 1.82) is 0 Å². The normalized spacial score (nSPS) is 11.7. The molecule has 0 spiro atoms. The van der Waals surface area contributed by atoms with Crippen LogP contribution in [0, 0.1) is 6.92 Å². The summed E-state index contributed by atoms with van der Waals surface area (Å²) in [6, 6.07) is 3.58. The lowest BCUT2D eigenvalue weighted by Gasteiger charge is -2.15. The first-order valence-corrected chi connectivity index (χ1v) is 7.52. The molecule has 12 heavy (non-hydrogen) atoms. The predicted molar refractivity (Wildman–Crippen MR) is 52.7 cm³/mol. The number of rotatable bonds is 1. The first-order valence-electron chi connectivity index (χ1n) is 4.02. The molecule has 0 aliphatic heterocycles. The van der Waals surface area contributed by atoms with Crippen LogP contribution < -0.4 is 10.8 Å². The highest BCUT2D eigenvalue weighted by Crippen LogP contribution is 2.01. The number of hydrogen-bond donors (Lipinski definition) is 0. The summed E-state index contributed by atoms with van der Waals surface area (Å²) in [7, 11) is -1.36. The van der Waals surface area contributed by atoms with Gasteiger partial charge in [-0.1, -0.05) is 19.6 Å². The van der Waals surface area contributed by atoms with E-state index in [0.717, 1.165) is 5.19 Å². The van der Waals surface area contributed by atoms with E-state index in [2.05, 4.69) is 19.6 Å².